The predicted octanol–water partition coefficient (Wildman–Crippen LogP) is 7.03. The zero-order valence-electron chi connectivity index (χ0n) is 25.5. The molecule has 0 aliphatic rings. The monoisotopic (exact) mass is 679 g/mol. The highest BCUT2D eigenvalue weighted by Gasteiger charge is 2.34. The van der Waals surface area contributed by atoms with E-state index in [0.29, 0.717) is 40.8 Å². The smallest absolute Gasteiger partial charge is 0.264 e. The summed E-state index contributed by atoms with van der Waals surface area (Å²) in [4.78, 5) is 30.0. The van der Waals surface area contributed by atoms with E-state index in [4.69, 9.17) is 27.9 Å². The van der Waals surface area contributed by atoms with Crippen molar-refractivity contribution in [3.63, 3.8) is 0 Å². The van der Waals surface area contributed by atoms with Gasteiger partial charge >= 0.3 is 0 Å². The maximum atomic E-state index is 14.3. The minimum absolute atomic E-state index is 0.0269. The number of hydrogen-bond donors (Lipinski definition) is 1. The maximum Gasteiger partial charge on any atom is 0.264 e. The Labute approximate surface area is 275 Å². The quantitative estimate of drug-likeness (QED) is 0.173. The highest BCUT2D eigenvalue weighted by atomic mass is 35.5. The summed E-state index contributed by atoms with van der Waals surface area (Å²) in [6, 6.07) is 16.9. The van der Waals surface area contributed by atoms with E-state index >= 15 is 0 Å². The molecule has 44 heavy (non-hydrogen) atoms. The van der Waals surface area contributed by atoms with Gasteiger partial charge in [-0.15, -0.1) is 11.8 Å². The maximum absolute atomic E-state index is 14.3. The third kappa shape index (κ3) is 9.06. The Hall–Kier alpha value is -2.92. The van der Waals surface area contributed by atoms with E-state index in [1.165, 1.54) is 28.8 Å². The van der Waals surface area contributed by atoms with Gasteiger partial charge in [-0.2, -0.15) is 0 Å². The first-order valence-electron chi connectivity index (χ1n) is 14.4. The summed E-state index contributed by atoms with van der Waals surface area (Å²) in [6.45, 7) is 7.35. The first kappa shape index (κ1) is 35.6. The summed E-state index contributed by atoms with van der Waals surface area (Å²) in [7, 11) is -4.20. The van der Waals surface area contributed by atoms with Crippen LogP contribution in [0.2, 0.25) is 10.0 Å². The van der Waals surface area contributed by atoms with Crippen LogP contribution in [0.4, 0.5) is 5.69 Å². The van der Waals surface area contributed by atoms with Crippen molar-refractivity contribution in [3.05, 3.63) is 82.3 Å². The van der Waals surface area contributed by atoms with Gasteiger partial charge in [0.25, 0.3) is 10.0 Å². The standard InChI is InChI=1S/C32H39Cl2N3O5S2/c1-6-22(4)35-32(39)30(7-2)36(20-23-9-10-24(33)19-29(23)34)31(38)21-37(25-11-13-26(14-12-25)42-8-3)44(40,41)28-17-15-27(43-5)16-18-28/h9-19,22,30H,6-8,20-21H2,1-5H3,(H,35,39)/t22-,30+/m0/s1. The Morgan fingerprint density at radius 3 is 2.16 bits per heavy atom. The number of benzene rings is 3. The molecule has 8 nitrogen and oxygen atoms in total. The first-order valence-corrected chi connectivity index (χ1v) is 17.8. The molecule has 12 heteroatoms. The molecule has 2 atom stereocenters. The molecule has 0 saturated carbocycles. The lowest BCUT2D eigenvalue weighted by Gasteiger charge is -2.34. The fourth-order valence-corrected chi connectivity index (χ4v) is 6.76. The van der Waals surface area contributed by atoms with Gasteiger partial charge in [-0.25, -0.2) is 8.42 Å². The molecule has 3 aromatic rings. The fourth-order valence-electron chi connectivity index (χ4n) is 4.47. The predicted molar refractivity (Wildman–Crippen MR) is 179 cm³/mol. The number of halogens is 2. The lowest BCUT2D eigenvalue weighted by molar-refractivity contribution is -0.140. The molecule has 0 radical (unpaired) electrons. The lowest BCUT2D eigenvalue weighted by atomic mass is 10.1. The molecule has 0 aliphatic carbocycles. The summed E-state index contributed by atoms with van der Waals surface area (Å²) in [5, 5.41) is 3.72. The number of ether oxygens (including phenoxy) is 1. The first-order chi connectivity index (χ1) is 20.9. The van der Waals surface area contributed by atoms with Crippen LogP contribution in [0.3, 0.4) is 0 Å². The van der Waals surface area contributed by atoms with Crippen LogP contribution in [-0.2, 0) is 26.2 Å². The number of hydrogen-bond acceptors (Lipinski definition) is 6. The van der Waals surface area contributed by atoms with E-state index in [0.717, 1.165) is 9.20 Å². The summed E-state index contributed by atoms with van der Waals surface area (Å²) in [5.74, 6) is -0.334. The molecular weight excluding hydrogens is 641 g/mol. The minimum Gasteiger partial charge on any atom is -0.494 e. The van der Waals surface area contributed by atoms with Gasteiger partial charge in [0.15, 0.2) is 0 Å². The summed E-state index contributed by atoms with van der Waals surface area (Å²) < 4.78 is 34.8. The number of sulfonamides is 1. The summed E-state index contributed by atoms with van der Waals surface area (Å²) in [5.41, 5.74) is 0.847. The lowest BCUT2D eigenvalue weighted by Crippen LogP contribution is -2.53. The number of rotatable bonds is 15. The third-order valence-electron chi connectivity index (χ3n) is 7.10. The third-order valence-corrected chi connectivity index (χ3v) is 10.2. The van der Waals surface area contributed by atoms with Crippen molar-refractivity contribution >= 4 is 62.5 Å². The van der Waals surface area contributed by atoms with Crippen molar-refractivity contribution in [3.8, 4) is 5.75 Å². The van der Waals surface area contributed by atoms with Crippen molar-refractivity contribution < 1.29 is 22.7 Å². The van der Waals surface area contributed by atoms with Crippen LogP contribution in [0.15, 0.2) is 76.5 Å². The number of amides is 2. The molecule has 3 aromatic carbocycles. The molecule has 1 N–H and O–H groups in total. The van der Waals surface area contributed by atoms with Crippen molar-refractivity contribution in [2.24, 2.45) is 0 Å². The van der Waals surface area contributed by atoms with Crippen LogP contribution in [0.25, 0.3) is 0 Å². The van der Waals surface area contributed by atoms with Crippen LogP contribution in [0.5, 0.6) is 5.75 Å². The fraction of sp³-hybridized carbons (Fsp3) is 0.375. The molecular formula is C32H39Cl2N3O5S2. The van der Waals surface area contributed by atoms with E-state index in [1.807, 2.05) is 27.0 Å². The number of nitrogens with zero attached hydrogens (tertiary/aromatic N) is 2. The molecule has 238 valence electrons. The molecule has 0 unspecified atom stereocenters. The van der Waals surface area contributed by atoms with Crippen LogP contribution < -0.4 is 14.4 Å². The average Bonchev–Trinajstić information content (AvgIpc) is 3.01. The largest absolute Gasteiger partial charge is 0.494 e. The summed E-state index contributed by atoms with van der Waals surface area (Å²) >= 11 is 14.1. The highest BCUT2D eigenvalue weighted by Crippen LogP contribution is 2.29. The SMILES string of the molecule is CCOc1ccc(N(CC(=O)N(Cc2ccc(Cl)cc2Cl)[C@H](CC)C(=O)N[C@@H](C)CC)S(=O)(=O)c2ccc(SC)cc2)cc1. The Kier molecular flexibility index (Phi) is 13.3. The second-order valence-corrected chi connectivity index (χ2v) is 13.7. The number of thioether (sulfide) groups is 1. The van der Waals surface area contributed by atoms with Crippen LogP contribution in [-0.4, -0.2) is 56.6 Å². The van der Waals surface area contributed by atoms with Gasteiger partial charge in [-0.3, -0.25) is 13.9 Å². The van der Waals surface area contributed by atoms with Crippen molar-refractivity contribution in [1.82, 2.24) is 10.2 Å². The zero-order chi connectivity index (χ0) is 32.4. The highest BCUT2D eigenvalue weighted by molar-refractivity contribution is 7.98. The van der Waals surface area contributed by atoms with E-state index in [2.05, 4.69) is 5.32 Å². The van der Waals surface area contributed by atoms with E-state index < -0.39 is 28.5 Å². The van der Waals surface area contributed by atoms with E-state index in [1.54, 1.807) is 61.5 Å². The average molecular weight is 681 g/mol. The topological polar surface area (TPSA) is 96.0 Å². The molecule has 0 spiro atoms. The Bertz CT molecular complexity index is 1520. The van der Waals surface area contributed by atoms with Gasteiger partial charge in [0.05, 0.1) is 17.2 Å². The number of anilines is 1. The van der Waals surface area contributed by atoms with Crippen LogP contribution in [0, 0.1) is 0 Å². The normalized spacial score (nSPS) is 12.7. The van der Waals surface area contributed by atoms with Gasteiger partial charge < -0.3 is 15.0 Å². The molecule has 0 bridgehead atoms. The molecule has 0 fully saturated rings. The number of carbonyl (C=O) groups is 2. The van der Waals surface area contributed by atoms with Crippen LogP contribution >= 0.6 is 35.0 Å². The molecule has 3 rings (SSSR count). The number of carbonyl (C=O) groups excluding carboxylic acids is 2. The summed E-state index contributed by atoms with van der Waals surface area (Å²) in [6.07, 6.45) is 2.90. The van der Waals surface area contributed by atoms with Crippen molar-refractivity contribution in [2.45, 2.75) is 69.0 Å². The van der Waals surface area contributed by atoms with Gasteiger partial charge in [0.2, 0.25) is 11.8 Å². The molecule has 0 heterocycles. The number of nitrogens with one attached hydrogen (secondary N) is 1. The van der Waals surface area contributed by atoms with Gasteiger partial charge in [0.1, 0.15) is 18.3 Å². The van der Waals surface area contributed by atoms with Crippen molar-refractivity contribution in [1.29, 1.82) is 0 Å². The van der Waals surface area contributed by atoms with Gasteiger partial charge in [-0.05, 0) is 99.2 Å². The molecule has 0 aliphatic heterocycles. The second kappa shape index (κ2) is 16.4. The molecule has 0 saturated heterocycles. The Balaban J connectivity index is 2.09. The second-order valence-electron chi connectivity index (χ2n) is 10.1. The van der Waals surface area contributed by atoms with E-state index in [-0.39, 0.29) is 29.1 Å². The Morgan fingerprint density at radius 1 is 0.955 bits per heavy atom. The molecule has 0 aromatic heterocycles. The molecule has 2 amide bonds. The minimum atomic E-state index is -4.20. The van der Waals surface area contributed by atoms with Gasteiger partial charge in [-0.1, -0.05) is 43.1 Å². The Morgan fingerprint density at radius 2 is 1.61 bits per heavy atom. The zero-order valence-corrected chi connectivity index (χ0v) is 28.7. The van der Waals surface area contributed by atoms with E-state index in [9.17, 15) is 18.0 Å². The van der Waals surface area contributed by atoms with Crippen molar-refractivity contribution in [2.75, 3.05) is 23.7 Å². The van der Waals surface area contributed by atoms with Crippen LogP contribution in [0.1, 0.15) is 46.1 Å². The van der Waals surface area contributed by atoms with Gasteiger partial charge in [0, 0.05) is 27.5 Å².